The SMILES string of the molecule is CNC(C)CC(=O)[OH2+]. The Bertz CT molecular complexity index is 82.5. The third-order valence-electron chi connectivity index (χ3n) is 0.984. The smallest absolute Gasteiger partial charge is 0.517 e. The molecule has 1 atom stereocenters. The van der Waals surface area contributed by atoms with Crippen LogP contribution in [0.4, 0.5) is 0 Å². The van der Waals surface area contributed by atoms with Gasteiger partial charge in [0.2, 0.25) is 0 Å². The van der Waals surface area contributed by atoms with Crippen molar-refractivity contribution in [1.29, 1.82) is 0 Å². The highest BCUT2D eigenvalue weighted by atomic mass is 16.4. The van der Waals surface area contributed by atoms with E-state index in [4.69, 9.17) is 5.11 Å². The number of carbonyl (C=O) groups is 1. The molecule has 3 N–H and O–H groups in total. The summed E-state index contributed by atoms with van der Waals surface area (Å²) >= 11 is 0. The minimum Gasteiger partial charge on any atom is -0.565 e. The molecule has 0 heterocycles. The quantitative estimate of drug-likeness (QED) is 0.495. The average Bonchev–Trinajstić information content (AvgIpc) is 1.65. The number of hydrogen-bond donors (Lipinski definition) is 1. The maximum atomic E-state index is 10.0. The van der Waals surface area contributed by atoms with Crippen LogP contribution in [0.1, 0.15) is 13.3 Å². The van der Waals surface area contributed by atoms with Crippen molar-refractivity contribution in [3.8, 4) is 0 Å². The van der Waals surface area contributed by atoms with Gasteiger partial charge in [-0.05, 0) is 14.0 Å². The van der Waals surface area contributed by atoms with Crippen LogP contribution >= 0.6 is 0 Å². The molecule has 0 radical (unpaired) electrons. The molecule has 0 aliphatic heterocycles. The van der Waals surface area contributed by atoms with E-state index in [2.05, 4.69) is 5.32 Å². The molecule has 3 nitrogen and oxygen atoms in total. The molecule has 0 fully saturated rings. The van der Waals surface area contributed by atoms with Gasteiger partial charge in [0.25, 0.3) is 0 Å². The van der Waals surface area contributed by atoms with Crippen LogP contribution in [0.5, 0.6) is 0 Å². The Morgan fingerprint density at radius 1 is 1.88 bits per heavy atom. The van der Waals surface area contributed by atoms with E-state index in [0.29, 0.717) is 6.42 Å². The fraction of sp³-hybridized carbons (Fsp3) is 0.800. The van der Waals surface area contributed by atoms with E-state index in [0.717, 1.165) is 0 Å². The van der Waals surface area contributed by atoms with Gasteiger partial charge in [0.05, 0.1) is 0 Å². The lowest BCUT2D eigenvalue weighted by Crippen LogP contribution is -2.24. The van der Waals surface area contributed by atoms with Gasteiger partial charge in [-0.25, -0.2) is 0 Å². The normalized spacial score (nSPS) is 13.2. The third-order valence-corrected chi connectivity index (χ3v) is 0.984. The Kier molecular flexibility index (Phi) is 3.19. The van der Waals surface area contributed by atoms with Crippen molar-refractivity contribution < 1.29 is 9.90 Å². The van der Waals surface area contributed by atoms with Crippen LogP contribution in [-0.2, 0) is 4.79 Å². The molecule has 0 aliphatic carbocycles. The molecule has 0 rings (SSSR count). The molecule has 0 aliphatic rings. The summed E-state index contributed by atoms with van der Waals surface area (Å²) in [5.41, 5.74) is 0. The first-order valence-electron chi connectivity index (χ1n) is 2.58. The zero-order valence-electron chi connectivity index (χ0n) is 5.19. The lowest BCUT2D eigenvalue weighted by atomic mass is 10.2. The largest absolute Gasteiger partial charge is 0.565 e. The molecule has 0 spiro atoms. The standard InChI is InChI=1S/C5H11NO2/c1-4(6-2)3-5(7)8/h4,6H,3H2,1-2H3,(H,7,8)/p+1. The van der Waals surface area contributed by atoms with Crippen molar-refractivity contribution in [2.45, 2.75) is 19.4 Å². The first-order chi connectivity index (χ1) is 3.66. The summed E-state index contributed by atoms with van der Waals surface area (Å²) in [5, 5.41) is 9.39. The summed E-state index contributed by atoms with van der Waals surface area (Å²) in [6, 6.07) is 0.139. The average molecular weight is 118 g/mol. The lowest BCUT2D eigenvalue weighted by Gasteiger charge is -2.00. The molecule has 0 aromatic rings. The van der Waals surface area contributed by atoms with Crippen molar-refractivity contribution in [2.24, 2.45) is 0 Å². The molecule has 1 unspecified atom stereocenters. The molecule has 8 heavy (non-hydrogen) atoms. The molecule has 0 aromatic heterocycles. The van der Waals surface area contributed by atoms with Gasteiger partial charge in [-0.1, -0.05) is 0 Å². The van der Waals surface area contributed by atoms with Gasteiger partial charge in [-0.3, -0.25) is 0 Å². The fourth-order valence-corrected chi connectivity index (χ4v) is 0.380. The summed E-state index contributed by atoms with van der Waals surface area (Å²) < 4.78 is 0. The molecule has 0 aromatic carbocycles. The maximum absolute atomic E-state index is 10.0. The van der Waals surface area contributed by atoms with Gasteiger partial charge in [-0.2, -0.15) is 0 Å². The fourth-order valence-electron chi connectivity index (χ4n) is 0.380. The number of carbonyl (C=O) groups excluding carboxylic acids is 1. The van der Waals surface area contributed by atoms with E-state index in [1.54, 1.807) is 7.05 Å². The van der Waals surface area contributed by atoms with Crippen molar-refractivity contribution in [3.63, 3.8) is 0 Å². The van der Waals surface area contributed by atoms with Gasteiger partial charge in [0.15, 0.2) is 0 Å². The highest BCUT2D eigenvalue weighted by molar-refractivity contribution is 5.67. The first kappa shape index (κ1) is 7.43. The summed E-state index contributed by atoms with van der Waals surface area (Å²) in [4.78, 5) is 10.0. The highest BCUT2D eigenvalue weighted by Crippen LogP contribution is 1.86. The summed E-state index contributed by atoms with van der Waals surface area (Å²) in [5.74, 6) is -0.508. The van der Waals surface area contributed by atoms with Crippen molar-refractivity contribution in [2.75, 3.05) is 7.05 Å². The number of nitrogens with one attached hydrogen (secondary N) is 1. The Balaban J connectivity index is 3.24. The molecule has 0 saturated heterocycles. The second-order valence-corrected chi connectivity index (χ2v) is 1.82. The minimum absolute atomic E-state index is 0.139. The van der Waals surface area contributed by atoms with E-state index in [1.165, 1.54) is 0 Å². The van der Waals surface area contributed by atoms with E-state index in [1.807, 2.05) is 6.92 Å². The summed E-state index contributed by atoms with van der Waals surface area (Å²) in [7, 11) is 1.77. The first-order valence-corrected chi connectivity index (χ1v) is 2.58. The number of rotatable bonds is 3. The lowest BCUT2D eigenvalue weighted by molar-refractivity contribution is -0.137. The summed E-state index contributed by atoms with van der Waals surface area (Å²) in [6.45, 7) is 1.87. The van der Waals surface area contributed by atoms with Crippen LogP contribution < -0.4 is 5.32 Å². The monoisotopic (exact) mass is 118 g/mol. The van der Waals surface area contributed by atoms with Crippen LogP contribution in [0.25, 0.3) is 0 Å². The molecule has 3 heteroatoms. The Labute approximate surface area is 48.7 Å². The zero-order chi connectivity index (χ0) is 6.57. The molecule has 0 saturated carbocycles. The Morgan fingerprint density at radius 3 is 2.50 bits per heavy atom. The van der Waals surface area contributed by atoms with Gasteiger partial charge in [0.1, 0.15) is 6.42 Å². The second-order valence-electron chi connectivity index (χ2n) is 1.82. The van der Waals surface area contributed by atoms with Crippen molar-refractivity contribution >= 4 is 5.97 Å². The Morgan fingerprint density at radius 2 is 2.38 bits per heavy atom. The number of hydrogen-bond acceptors (Lipinski definition) is 2. The molecular formula is C5H12NO2+. The highest BCUT2D eigenvalue weighted by Gasteiger charge is 2.09. The molecule has 48 valence electrons. The van der Waals surface area contributed by atoms with Gasteiger partial charge in [0, 0.05) is 10.8 Å². The van der Waals surface area contributed by atoms with Crippen molar-refractivity contribution in [3.05, 3.63) is 0 Å². The second kappa shape index (κ2) is 3.43. The summed E-state index contributed by atoms with van der Waals surface area (Å²) in [6.07, 6.45) is 0.302. The van der Waals surface area contributed by atoms with Crippen LogP contribution in [0.2, 0.25) is 0 Å². The third kappa shape index (κ3) is 3.61. The zero-order valence-corrected chi connectivity index (χ0v) is 5.19. The van der Waals surface area contributed by atoms with Crippen LogP contribution in [0.15, 0.2) is 0 Å². The molecule has 0 amide bonds. The molecule has 0 bridgehead atoms. The van der Waals surface area contributed by atoms with E-state index in [-0.39, 0.29) is 6.04 Å². The van der Waals surface area contributed by atoms with Gasteiger partial charge in [-0.15, -0.1) is 0 Å². The van der Waals surface area contributed by atoms with E-state index >= 15 is 0 Å². The topological polar surface area (TPSA) is 52.0 Å². The van der Waals surface area contributed by atoms with Crippen LogP contribution in [-0.4, -0.2) is 24.2 Å². The Hall–Kier alpha value is -0.570. The van der Waals surface area contributed by atoms with Gasteiger partial charge < -0.3 is 10.4 Å². The van der Waals surface area contributed by atoms with E-state index < -0.39 is 5.97 Å². The minimum atomic E-state index is -0.508. The van der Waals surface area contributed by atoms with Crippen LogP contribution in [0, 0.1) is 0 Å². The van der Waals surface area contributed by atoms with Crippen molar-refractivity contribution in [1.82, 2.24) is 5.32 Å². The maximum Gasteiger partial charge on any atom is 0.517 e. The van der Waals surface area contributed by atoms with Gasteiger partial charge >= 0.3 is 5.97 Å². The van der Waals surface area contributed by atoms with Crippen LogP contribution in [0.3, 0.4) is 0 Å². The molecular weight excluding hydrogens is 106 g/mol. The predicted molar refractivity (Wildman–Crippen MR) is 31.8 cm³/mol. The predicted octanol–water partition coefficient (Wildman–Crippen LogP) is -0.764. The van der Waals surface area contributed by atoms with E-state index in [9.17, 15) is 4.79 Å².